The van der Waals surface area contributed by atoms with Crippen molar-refractivity contribution in [2.24, 2.45) is 0 Å². The standard InChI is InChI=1S/C16H14O3/c1-2-19-16(18)15-9-8-13(10-14(15)11-17)12-6-4-3-5-7-12/h3-11H,2H2,1H3. The lowest BCUT2D eigenvalue weighted by atomic mass is 10.00. The van der Waals surface area contributed by atoms with Crippen LogP contribution >= 0.6 is 0 Å². The second-order valence-corrected chi connectivity index (χ2v) is 4.01. The quantitative estimate of drug-likeness (QED) is 0.620. The van der Waals surface area contributed by atoms with Crippen LogP contribution in [-0.4, -0.2) is 18.9 Å². The van der Waals surface area contributed by atoms with E-state index < -0.39 is 5.97 Å². The molecule has 2 rings (SSSR count). The van der Waals surface area contributed by atoms with Gasteiger partial charge in [-0.3, -0.25) is 4.79 Å². The van der Waals surface area contributed by atoms with Gasteiger partial charge in [-0.15, -0.1) is 0 Å². The summed E-state index contributed by atoms with van der Waals surface area (Å²) in [4.78, 5) is 22.8. The molecule has 2 aromatic rings. The number of benzene rings is 2. The molecule has 3 nitrogen and oxygen atoms in total. The summed E-state index contributed by atoms with van der Waals surface area (Å²) in [6, 6.07) is 14.8. The molecule has 0 aliphatic rings. The van der Waals surface area contributed by atoms with Crippen LogP contribution in [0.3, 0.4) is 0 Å². The van der Waals surface area contributed by atoms with Crippen LogP contribution in [0.2, 0.25) is 0 Å². The molecule has 19 heavy (non-hydrogen) atoms. The maximum absolute atomic E-state index is 11.7. The maximum Gasteiger partial charge on any atom is 0.338 e. The number of hydrogen-bond acceptors (Lipinski definition) is 3. The lowest BCUT2D eigenvalue weighted by Gasteiger charge is -2.07. The zero-order chi connectivity index (χ0) is 13.7. The van der Waals surface area contributed by atoms with Crippen molar-refractivity contribution in [1.82, 2.24) is 0 Å². The van der Waals surface area contributed by atoms with E-state index in [0.717, 1.165) is 11.1 Å². The molecule has 0 heterocycles. The Kier molecular flexibility index (Phi) is 4.08. The third kappa shape index (κ3) is 2.88. The number of ether oxygens (including phenoxy) is 1. The highest BCUT2D eigenvalue weighted by molar-refractivity contribution is 5.99. The number of hydrogen-bond donors (Lipinski definition) is 0. The number of esters is 1. The van der Waals surface area contributed by atoms with E-state index in [1.165, 1.54) is 0 Å². The summed E-state index contributed by atoms with van der Waals surface area (Å²) in [6.45, 7) is 2.02. The van der Waals surface area contributed by atoms with Crippen LogP contribution in [0.25, 0.3) is 11.1 Å². The Balaban J connectivity index is 2.42. The molecule has 0 amide bonds. The van der Waals surface area contributed by atoms with E-state index >= 15 is 0 Å². The van der Waals surface area contributed by atoms with Gasteiger partial charge < -0.3 is 4.74 Å². The average molecular weight is 254 g/mol. The molecule has 0 unspecified atom stereocenters. The third-order valence-corrected chi connectivity index (χ3v) is 2.78. The van der Waals surface area contributed by atoms with Crippen molar-refractivity contribution in [2.45, 2.75) is 6.92 Å². The summed E-state index contributed by atoms with van der Waals surface area (Å²) in [5.74, 6) is -0.468. The summed E-state index contributed by atoms with van der Waals surface area (Å²) < 4.78 is 4.92. The van der Waals surface area contributed by atoms with E-state index in [2.05, 4.69) is 0 Å². The first-order valence-electron chi connectivity index (χ1n) is 6.08. The molecule has 96 valence electrons. The molecule has 0 saturated carbocycles. The van der Waals surface area contributed by atoms with Crippen LogP contribution in [0, 0.1) is 0 Å². The number of carbonyl (C=O) groups excluding carboxylic acids is 2. The van der Waals surface area contributed by atoms with Crippen LogP contribution in [0.15, 0.2) is 48.5 Å². The topological polar surface area (TPSA) is 43.4 Å². The maximum atomic E-state index is 11.7. The lowest BCUT2D eigenvalue weighted by Crippen LogP contribution is -2.07. The fraction of sp³-hybridized carbons (Fsp3) is 0.125. The molecular formula is C16H14O3. The van der Waals surface area contributed by atoms with Crippen molar-refractivity contribution in [2.75, 3.05) is 6.61 Å². The Labute approximate surface area is 111 Å². The van der Waals surface area contributed by atoms with Gasteiger partial charge in [0, 0.05) is 5.56 Å². The first-order chi connectivity index (χ1) is 9.26. The first-order valence-corrected chi connectivity index (χ1v) is 6.08. The molecule has 0 fully saturated rings. The number of carbonyl (C=O) groups is 2. The minimum absolute atomic E-state index is 0.289. The van der Waals surface area contributed by atoms with E-state index in [1.807, 2.05) is 36.4 Å². The second-order valence-electron chi connectivity index (χ2n) is 4.01. The van der Waals surface area contributed by atoms with Gasteiger partial charge in [0.1, 0.15) is 0 Å². The van der Waals surface area contributed by atoms with Crippen LogP contribution in [0.1, 0.15) is 27.6 Å². The average Bonchev–Trinajstić information content (AvgIpc) is 2.47. The van der Waals surface area contributed by atoms with E-state index in [4.69, 9.17) is 4.74 Å². The van der Waals surface area contributed by atoms with E-state index in [0.29, 0.717) is 17.4 Å². The normalized spacial score (nSPS) is 9.95. The molecule has 0 spiro atoms. The van der Waals surface area contributed by atoms with Crippen LogP contribution in [-0.2, 0) is 4.74 Å². The Bertz CT molecular complexity index is 588. The molecule has 0 N–H and O–H groups in total. The monoisotopic (exact) mass is 254 g/mol. The van der Waals surface area contributed by atoms with Gasteiger partial charge in [0.2, 0.25) is 0 Å². The Morgan fingerprint density at radius 2 is 1.84 bits per heavy atom. The van der Waals surface area contributed by atoms with Crippen LogP contribution in [0.5, 0.6) is 0 Å². The van der Waals surface area contributed by atoms with E-state index in [-0.39, 0.29) is 6.61 Å². The largest absolute Gasteiger partial charge is 0.462 e. The predicted molar refractivity (Wildman–Crippen MR) is 73.2 cm³/mol. The fourth-order valence-corrected chi connectivity index (χ4v) is 1.87. The Hall–Kier alpha value is -2.42. The highest BCUT2D eigenvalue weighted by atomic mass is 16.5. The summed E-state index contributed by atoms with van der Waals surface area (Å²) in [5.41, 5.74) is 2.55. The molecule has 0 radical (unpaired) electrons. The van der Waals surface area contributed by atoms with Gasteiger partial charge in [-0.2, -0.15) is 0 Å². The van der Waals surface area contributed by atoms with Crippen LogP contribution < -0.4 is 0 Å². The molecule has 0 atom stereocenters. The zero-order valence-corrected chi connectivity index (χ0v) is 10.6. The van der Waals surface area contributed by atoms with Gasteiger partial charge in [-0.05, 0) is 30.2 Å². The minimum atomic E-state index is -0.468. The van der Waals surface area contributed by atoms with Crippen molar-refractivity contribution in [3.05, 3.63) is 59.7 Å². The molecule has 0 saturated heterocycles. The van der Waals surface area contributed by atoms with Crippen molar-refractivity contribution in [1.29, 1.82) is 0 Å². The van der Waals surface area contributed by atoms with Gasteiger partial charge in [0.15, 0.2) is 6.29 Å². The SMILES string of the molecule is CCOC(=O)c1ccc(-c2ccccc2)cc1C=O. The van der Waals surface area contributed by atoms with E-state index in [9.17, 15) is 9.59 Å². The Morgan fingerprint density at radius 1 is 1.11 bits per heavy atom. The zero-order valence-electron chi connectivity index (χ0n) is 10.6. The smallest absolute Gasteiger partial charge is 0.338 e. The van der Waals surface area contributed by atoms with Gasteiger partial charge in [-0.1, -0.05) is 36.4 Å². The van der Waals surface area contributed by atoms with E-state index in [1.54, 1.807) is 19.1 Å². The molecule has 3 heteroatoms. The second kappa shape index (κ2) is 5.96. The molecule has 0 aliphatic heterocycles. The van der Waals surface area contributed by atoms with Crippen molar-refractivity contribution < 1.29 is 14.3 Å². The van der Waals surface area contributed by atoms with Crippen molar-refractivity contribution >= 4 is 12.3 Å². The fourth-order valence-electron chi connectivity index (χ4n) is 1.87. The molecule has 2 aromatic carbocycles. The minimum Gasteiger partial charge on any atom is -0.462 e. The number of rotatable bonds is 4. The lowest BCUT2D eigenvalue weighted by molar-refractivity contribution is 0.0524. The number of aldehydes is 1. The van der Waals surface area contributed by atoms with Gasteiger partial charge in [0.05, 0.1) is 12.2 Å². The van der Waals surface area contributed by atoms with Gasteiger partial charge >= 0.3 is 5.97 Å². The third-order valence-electron chi connectivity index (χ3n) is 2.78. The summed E-state index contributed by atoms with van der Waals surface area (Å²) in [5, 5.41) is 0. The predicted octanol–water partition coefficient (Wildman–Crippen LogP) is 3.34. The molecule has 0 aromatic heterocycles. The summed E-state index contributed by atoms with van der Waals surface area (Å²) >= 11 is 0. The summed E-state index contributed by atoms with van der Waals surface area (Å²) in [6.07, 6.45) is 0.679. The van der Waals surface area contributed by atoms with Gasteiger partial charge in [-0.25, -0.2) is 4.79 Å². The van der Waals surface area contributed by atoms with Crippen molar-refractivity contribution in [3.8, 4) is 11.1 Å². The highest BCUT2D eigenvalue weighted by Gasteiger charge is 2.12. The molecule has 0 bridgehead atoms. The highest BCUT2D eigenvalue weighted by Crippen LogP contribution is 2.22. The van der Waals surface area contributed by atoms with Crippen molar-refractivity contribution in [3.63, 3.8) is 0 Å². The molecular weight excluding hydrogens is 240 g/mol. The Morgan fingerprint density at radius 3 is 2.47 bits per heavy atom. The summed E-state index contributed by atoms with van der Waals surface area (Å²) in [7, 11) is 0. The molecule has 0 aliphatic carbocycles. The van der Waals surface area contributed by atoms with Gasteiger partial charge in [0.25, 0.3) is 0 Å². The first kappa shape index (κ1) is 13.0. The van der Waals surface area contributed by atoms with Crippen LogP contribution in [0.4, 0.5) is 0 Å².